The van der Waals surface area contributed by atoms with E-state index in [1.807, 2.05) is 62.4 Å². The molecule has 0 radical (unpaired) electrons. The van der Waals surface area contributed by atoms with E-state index in [0.717, 1.165) is 34.1 Å². The van der Waals surface area contributed by atoms with Gasteiger partial charge in [-0.05, 0) is 49.2 Å². The highest BCUT2D eigenvalue weighted by molar-refractivity contribution is 5.92. The first-order valence-corrected chi connectivity index (χ1v) is 8.27. The van der Waals surface area contributed by atoms with Crippen molar-refractivity contribution in [3.63, 3.8) is 0 Å². The van der Waals surface area contributed by atoms with Crippen LogP contribution in [0.3, 0.4) is 0 Å². The van der Waals surface area contributed by atoms with Gasteiger partial charge in [0.05, 0.1) is 24.9 Å². The number of benzene rings is 2. The Morgan fingerprint density at radius 2 is 1.84 bits per heavy atom. The summed E-state index contributed by atoms with van der Waals surface area (Å²) in [7, 11) is 0. The molecule has 5 nitrogen and oxygen atoms in total. The lowest BCUT2D eigenvalue weighted by Crippen LogP contribution is -2.14. The normalized spacial score (nSPS) is 10.5. The molecule has 0 fully saturated rings. The van der Waals surface area contributed by atoms with E-state index >= 15 is 0 Å². The second-order valence-corrected chi connectivity index (χ2v) is 5.76. The Hall–Kier alpha value is -3.08. The fraction of sp³-hybridized carbons (Fsp3) is 0.200. The third-order valence-corrected chi connectivity index (χ3v) is 3.78. The van der Waals surface area contributed by atoms with Gasteiger partial charge < -0.3 is 15.0 Å². The van der Waals surface area contributed by atoms with Gasteiger partial charge in [-0.3, -0.25) is 4.79 Å². The third kappa shape index (κ3) is 4.47. The molecule has 0 saturated carbocycles. The van der Waals surface area contributed by atoms with Crippen LogP contribution in [-0.2, 0) is 11.2 Å². The molecule has 0 unspecified atom stereocenters. The van der Waals surface area contributed by atoms with Gasteiger partial charge in [0.15, 0.2) is 0 Å². The number of nitrogens with one attached hydrogen (secondary N) is 2. The topological polar surface area (TPSA) is 67.0 Å². The molecule has 3 aromatic rings. The van der Waals surface area contributed by atoms with Crippen LogP contribution in [0, 0.1) is 6.92 Å². The molecule has 1 heterocycles. The predicted octanol–water partition coefficient (Wildman–Crippen LogP) is 3.97. The van der Waals surface area contributed by atoms with E-state index in [-0.39, 0.29) is 5.91 Å². The number of amides is 1. The number of aromatic nitrogens is 2. The number of hydrogen-bond acceptors (Lipinski definition) is 3. The van der Waals surface area contributed by atoms with E-state index in [2.05, 4.69) is 15.3 Å². The number of carbonyl (C=O) groups excluding carboxylic acids is 1. The van der Waals surface area contributed by atoms with Gasteiger partial charge in [-0.1, -0.05) is 24.3 Å². The molecule has 2 aromatic carbocycles. The molecule has 128 valence electrons. The molecule has 1 amide bonds. The standard InChI is InChI=1S/C20H21N3O2/c1-3-25-18-10-4-15(5-11-18)12-20(24)23-17-8-6-16(7-9-17)19-13-21-14(2)22-19/h4-11,13H,3,12H2,1-2H3,(H,21,22)(H,23,24). The summed E-state index contributed by atoms with van der Waals surface area (Å²) in [4.78, 5) is 19.6. The lowest BCUT2D eigenvalue weighted by molar-refractivity contribution is -0.115. The number of aryl methyl sites for hydroxylation is 1. The van der Waals surface area contributed by atoms with Crippen LogP contribution in [-0.4, -0.2) is 22.5 Å². The first kappa shape index (κ1) is 16.8. The number of ether oxygens (including phenoxy) is 1. The highest BCUT2D eigenvalue weighted by Crippen LogP contribution is 2.20. The summed E-state index contributed by atoms with van der Waals surface area (Å²) in [5.41, 5.74) is 3.72. The maximum absolute atomic E-state index is 12.2. The zero-order valence-electron chi connectivity index (χ0n) is 14.4. The van der Waals surface area contributed by atoms with E-state index in [1.165, 1.54) is 0 Å². The zero-order valence-corrected chi connectivity index (χ0v) is 14.4. The number of carbonyl (C=O) groups is 1. The molecule has 5 heteroatoms. The molecule has 0 spiro atoms. The number of rotatable bonds is 6. The van der Waals surface area contributed by atoms with Gasteiger partial charge >= 0.3 is 0 Å². The quantitative estimate of drug-likeness (QED) is 0.716. The monoisotopic (exact) mass is 335 g/mol. The first-order valence-electron chi connectivity index (χ1n) is 8.27. The second kappa shape index (κ2) is 7.66. The Balaban J connectivity index is 1.59. The first-order chi connectivity index (χ1) is 12.1. The zero-order chi connectivity index (χ0) is 17.6. The molecular formula is C20H21N3O2. The minimum atomic E-state index is -0.0469. The highest BCUT2D eigenvalue weighted by Gasteiger charge is 2.06. The second-order valence-electron chi connectivity index (χ2n) is 5.76. The van der Waals surface area contributed by atoms with Crippen molar-refractivity contribution in [3.8, 4) is 17.0 Å². The largest absolute Gasteiger partial charge is 0.494 e. The van der Waals surface area contributed by atoms with Crippen LogP contribution in [0.5, 0.6) is 5.75 Å². The number of anilines is 1. The number of nitrogens with zero attached hydrogens (tertiary/aromatic N) is 1. The predicted molar refractivity (Wildman–Crippen MR) is 98.7 cm³/mol. The Morgan fingerprint density at radius 3 is 2.44 bits per heavy atom. The van der Waals surface area contributed by atoms with Gasteiger partial charge in [0, 0.05) is 5.69 Å². The molecule has 0 aliphatic carbocycles. The van der Waals surface area contributed by atoms with Crippen molar-refractivity contribution in [2.45, 2.75) is 20.3 Å². The fourth-order valence-electron chi connectivity index (χ4n) is 2.56. The minimum absolute atomic E-state index is 0.0469. The molecule has 0 aliphatic heterocycles. The summed E-state index contributed by atoms with van der Waals surface area (Å²) in [6, 6.07) is 15.3. The number of hydrogen-bond donors (Lipinski definition) is 2. The summed E-state index contributed by atoms with van der Waals surface area (Å²) < 4.78 is 5.40. The van der Waals surface area contributed by atoms with E-state index in [1.54, 1.807) is 6.20 Å². The molecule has 2 N–H and O–H groups in total. The maximum Gasteiger partial charge on any atom is 0.228 e. The van der Waals surface area contributed by atoms with Gasteiger partial charge in [-0.2, -0.15) is 0 Å². The molecule has 1 aromatic heterocycles. The number of aromatic amines is 1. The van der Waals surface area contributed by atoms with E-state index in [9.17, 15) is 4.79 Å². The Kier molecular flexibility index (Phi) is 5.14. The lowest BCUT2D eigenvalue weighted by Gasteiger charge is -2.07. The Labute approximate surface area is 147 Å². The molecule has 25 heavy (non-hydrogen) atoms. The third-order valence-electron chi connectivity index (χ3n) is 3.78. The van der Waals surface area contributed by atoms with Crippen LogP contribution >= 0.6 is 0 Å². The summed E-state index contributed by atoms with van der Waals surface area (Å²) in [6.07, 6.45) is 2.13. The average molecular weight is 335 g/mol. The molecule has 0 saturated heterocycles. The SMILES string of the molecule is CCOc1ccc(CC(=O)Nc2ccc(-c3cnc(C)[nH]3)cc2)cc1. The lowest BCUT2D eigenvalue weighted by atomic mass is 10.1. The van der Waals surface area contributed by atoms with Crippen LogP contribution in [0.4, 0.5) is 5.69 Å². The van der Waals surface area contributed by atoms with Gasteiger partial charge in [-0.15, -0.1) is 0 Å². The van der Waals surface area contributed by atoms with E-state index in [4.69, 9.17) is 4.74 Å². The summed E-state index contributed by atoms with van der Waals surface area (Å²) in [5.74, 6) is 1.65. The van der Waals surface area contributed by atoms with Crippen molar-refractivity contribution in [2.24, 2.45) is 0 Å². The van der Waals surface area contributed by atoms with Gasteiger partial charge in [0.25, 0.3) is 0 Å². The maximum atomic E-state index is 12.2. The van der Waals surface area contributed by atoms with Gasteiger partial charge in [-0.25, -0.2) is 4.98 Å². The van der Waals surface area contributed by atoms with Crippen LogP contribution in [0.15, 0.2) is 54.7 Å². The average Bonchev–Trinajstić information content (AvgIpc) is 3.04. The minimum Gasteiger partial charge on any atom is -0.494 e. The smallest absolute Gasteiger partial charge is 0.228 e. The van der Waals surface area contributed by atoms with Crippen LogP contribution in [0.25, 0.3) is 11.3 Å². The Morgan fingerprint density at radius 1 is 1.12 bits per heavy atom. The molecule has 0 aliphatic rings. The highest BCUT2D eigenvalue weighted by atomic mass is 16.5. The molecule has 0 bridgehead atoms. The van der Waals surface area contributed by atoms with Crippen molar-refractivity contribution >= 4 is 11.6 Å². The van der Waals surface area contributed by atoms with E-state index in [0.29, 0.717) is 13.0 Å². The number of imidazole rings is 1. The van der Waals surface area contributed by atoms with Crippen molar-refractivity contribution in [1.29, 1.82) is 0 Å². The van der Waals surface area contributed by atoms with Gasteiger partial charge in [0.1, 0.15) is 11.6 Å². The van der Waals surface area contributed by atoms with Gasteiger partial charge in [0.2, 0.25) is 5.91 Å². The Bertz CT molecular complexity index is 836. The fourth-order valence-corrected chi connectivity index (χ4v) is 2.56. The number of H-pyrrole nitrogens is 1. The summed E-state index contributed by atoms with van der Waals surface area (Å²) in [5, 5.41) is 2.92. The van der Waals surface area contributed by atoms with Crippen molar-refractivity contribution in [1.82, 2.24) is 9.97 Å². The van der Waals surface area contributed by atoms with Crippen molar-refractivity contribution in [2.75, 3.05) is 11.9 Å². The van der Waals surface area contributed by atoms with Crippen LogP contribution < -0.4 is 10.1 Å². The van der Waals surface area contributed by atoms with Crippen molar-refractivity contribution < 1.29 is 9.53 Å². The molecular weight excluding hydrogens is 314 g/mol. The molecule has 0 atom stereocenters. The summed E-state index contributed by atoms with van der Waals surface area (Å²) in [6.45, 7) is 4.49. The van der Waals surface area contributed by atoms with Crippen LogP contribution in [0.2, 0.25) is 0 Å². The van der Waals surface area contributed by atoms with Crippen molar-refractivity contribution in [3.05, 3.63) is 66.1 Å². The summed E-state index contributed by atoms with van der Waals surface area (Å²) >= 11 is 0. The molecule has 3 rings (SSSR count). The van der Waals surface area contributed by atoms with Crippen LogP contribution in [0.1, 0.15) is 18.3 Å². The van der Waals surface area contributed by atoms with E-state index < -0.39 is 0 Å².